The minimum Gasteiger partial charge on any atom is -0.194 e. The molecule has 0 spiro atoms. The Balaban J connectivity index is 0.000000136. The van der Waals surface area contributed by atoms with Gasteiger partial charge < -0.3 is 0 Å². The number of aromatic nitrogens is 5. The van der Waals surface area contributed by atoms with E-state index in [9.17, 15) is 0 Å². The molecule has 1 fully saturated rings. The maximum atomic E-state index is 2.46. The van der Waals surface area contributed by atoms with Gasteiger partial charge in [0.15, 0.2) is 0 Å². The fourth-order valence-electron chi connectivity index (χ4n) is 19.8. The second-order valence-corrected chi connectivity index (χ2v) is 38.7. The number of para-hydroxylation sites is 5. The second-order valence-electron chi connectivity index (χ2n) is 38.7. The average molecular weight is 1670 g/mol. The predicted octanol–water partition coefficient (Wildman–Crippen LogP) is 30.0. The SMILES string of the molecule is Cc1cc(-c2c(C(C)C)cc(C(C)C)cc2C(C)C)cc(-c2ccc3ccccc3[n+]2C)c1C.Cc1cc(C)c(C)c(-c2cc(C(C)C)c3ccccc3[n+]2C)c1.Cc1cc(C)c(C)c(-c2cc(C)c3ccccc3[n+]2C)c1.Cc1cc(C)c(C)c(-c2cc(CC(C)C)c3ccccc3[n+]2C)c1.Cc1cc(C2CCCC2)cc(-c2ccc3ccccc3[n+]2C)c1C. The zero-order chi connectivity index (χ0) is 90.7. The van der Waals surface area contributed by atoms with E-state index in [0.717, 1.165) is 12.3 Å². The van der Waals surface area contributed by atoms with Gasteiger partial charge in [-0.2, -0.15) is 22.8 Å². The summed E-state index contributed by atoms with van der Waals surface area (Å²) in [7, 11) is 10.9. The Hall–Kier alpha value is -11.5. The Bertz CT molecular complexity index is 6740. The molecule has 0 aliphatic heterocycles. The van der Waals surface area contributed by atoms with Crippen LogP contribution in [0.15, 0.2) is 237 Å². The number of rotatable bonds is 13. The first-order chi connectivity index (χ1) is 60.0. The van der Waals surface area contributed by atoms with Crippen molar-refractivity contribution >= 4 is 54.5 Å². The first-order valence-corrected chi connectivity index (χ1v) is 46.6. The Morgan fingerprint density at radius 1 is 0.278 bits per heavy atom. The molecule has 0 atom stereocenters. The maximum Gasteiger partial charge on any atom is 0.213 e. The molecule has 5 heteroatoms. The van der Waals surface area contributed by atoms with Crippen LogP contribution in [0.2, 0.25) is 0 Å². The van der Waals surface area contributed by atoms with Gasteiger partial charge in [-0.15, -0.1) is 0 Å². The summed E-state index contributed by atoms with van der Waals surface area (Å²) in [5, 5.41) is 6.62. The Kier molecular flexibility index (Phi) is 28.6. The molecule has 0 amide bonds. The van der Waals surface area contributed by atoms with E-state index in [1.807, 2.05) is 0 Å². The molecular weight excluding hydrogens is 1520 g/mol. The largest absolute Gasteiger partial charge is 0.213 e. The molecule has 16 aromatic rings. The van der Waals surface area contributed by atoms with Crippen molar-refractivity contribution in [2.24, 2.45) is 41.2 Å². The summed E-state index contributed by atoms with van der Waals surface area (Å²) in [6.45, 7) is 54.2. The standard InChI is InChI=1S/C33H40N.C23H26N.C23H28N.C22H26N.C20H22N/c1-20(2)26-17-28(21(3)4)33(29(18-26)22(5)6)27-16-23(7)24(8)30(19-27)32-15-14-25-12-10-11-13-31(25)34(32)9;1-16-14-20(18-8-4-5-9-18)15-21(17(16)2)23-13-12-19-10-6-7-11-22(19)24(23)3;1-15(2)11-19-14-23(21-13-16(3)12-17(4)18(21)5)24(6)22-10-8-7-9-20(19)22;1-14(2)19-13-22(20-12-15(3)11-16(4)17(20)5)23(6)21-10-8-7-9-18(19)21;1-13-10-14(2)16(4)18(11-13)20-12-15(3)17-8-6-7-9-19(17)21(20)5/h10-22H,1-9H3;6-7,10-15,18H,4-5,8-9H2,1-3H3;7-10,12-15H,11H2,1-6H3;7-14H,1-6H3;6-12H,1-5H3/q5*+1. The van der Waals surface area contributed by atoms with E-state index >= 15 is 0 Å². The van der Waals surface area contributed by atoms with Gasteiger partial charge in [0, 0.05) is 115 Å². The van der Waals surface area contributed by atoms with Gasteiger partial charge in [-0.05, 0) is 330 Å². The first-order valence-electron chi connectivity index (χ1n) is 46.6. The van der Waals surface area contributed by atoms with Gasteiger partial charge in [-0.3, -0.25) is 0 Å². The van der Waals surface area contributed by atoms with Gasteiger partial charge in [-0.1, -0.05) is 202 Å². The van der Waals surface area contributed by atoms with Crippen LogP contribution in [0.5, 0.6) is 0 Å². The van der Waals surface area contributed by atoms with Crippen LogP contribution in [0.1, 0.15) is 236 Å². The molecule has 1 aliphatic carbocycles. The molecule has 17 rings (SSSR count). The van der Waals surface area contributed by atoms with Crippen molar-refractivity contribution in [3.05, 3.63) is 348 Å². The fraction of sp³-hybridized carbons (Fsp3) is 0.331. The van der Waals surface area contributed by atoms with Gasteiger partial charge in [-0.25, -0.2) is 0 Å². The van der Waals surface area contributed by atoms with Gasteiger partial charge in [0.25, 0.3) is 0 Å². The zero-order valence-electron chi connectivity index (χ0n) is 81.8. The van der Waals surface area contributed by atoms with E-state index in [1.54, 1.807) is 5.56 Å². The number of nitrogens with zero attached hydrogens (tertiary/aromatic N) is 5. The van der Waals surface area contributed by atoms with Crippen molar-refractivity contribution in [3.63, 3.8) is 0 Å². The Morgan fingerprint density at radius 3 is 1.06 bits per heavy atom. The highest BCUT2D eigenvalue weighted by atomic mass is 15.0. The summed E-state index contributed by atoms with van der Waals surface area (Å²) in [5.41, 5.74) is 50.2. The number of aryl methyl sites for hydroxylation is 14. The molecule has 5 nitrogen and oxygen atoms in total. The summed E-state index contributed by atoms with van der Waals surface area (Å²) in [6.07, 6.45) is 6.59. The average Bonchev–Trinajstić information content (AvgIpc) is 0.789. The lowest BCUT2D eigenvalue weighted by Gasteiger charge is -2.24. The second kappa shape index (κ2) is 39.2. The topological polar surface area (TPSA) is 19.4 Å². The third-order valence-corrected chi connectivity index (χ3v) is 27.7. The highest BCUT2D eigenvalue weighted by molar-refractivity contribution is 5.87. The number of hydrogen-bond donors (Lipinski definition) is 0. The fourth-order valence-corrected chi connectivity index (χ4v) is 19.8. The quantitative estimate of drug-likeness (QED) is 0.103. The van der Waals surface area contributed by atoms with Crippen LogP contribution in [0, 0.1) is 103 Å². The van der Waals surface area contributed by atoms with Crippen molar-refractivity contribution in [2.75, 3.05) is 0 Å². The van der Waals surface area contributed by atoms with Crippen molar-refractivity contribution in [1.82, 2.24) is 0 Å². The first kappa shape index (κ1) is 92.1. The highest BCUT2D eigenvalue weighted by Gasteiger charge is 2.29. The smallest absolute Gasteiger partial charge is 0.194 e. The number of pyridine rings is 5. The van der Waals surface area contributed by atoms with Crippen molar-refractivity contribution in [3.8, 4) is 67.4 Å². The minimum absolute atomic E-state index is 0.466. The number of fused-ring (bicyclic) bond motifs is 5. The Morgan fingerprint density at radius 2 is 0.627 bits per heavy atom. The zero-order valence-corrected chi connectivity index (χ0v) is 81.8. The minimum atomic E-state index is 0.466. The lowest BCUT2D eigenvalue weighted by atomic mass is 9.80. The third kappa shape index (κ3) is 19.4. The summed E-state index contributed by atoms with van der Waals surface area (Å²) in [5.74, 6) is 3.37. The van der Waals surface area contributed by atoms with Gasteiger partial charge in [0.1, 0.15) is 35.2 Å². The van der Waals surface area contributed by atoms with Crippen LogP contribution in [0.25, 0.3) is 122 Å². The summed E-state index contributed by atoms with van der Waals surface area (Å²) < 4.78 is 11.7. The van der Waals surface area contributed by atoms with E-state index in [2.05, 4.69) is 461 Å². The molecule has 126 heavy (non-hydrogen) atoms. The molecule has 1 saturated carbocycles. The van der Waals surface area contributed by atoms with Crippen LogP contribution < -0.4 is 22.8 Å². The van der Waals surface area contributed by atoms with Crippen LogP contribution in [0.3, 0.4) is 0 Å². The third-order valence-electron chi connectivity index (χ3n) is 27.7. The van der Waals surface area contributed by atoms with Crippen LogP contribution in [-0.2, 0) is 41.7 Å². The summed E-state index contributed by atoms with van der Waals surface area (Å²) >= 11 is 0. The molecule has 0 bridgehead atoms. The molecule has 1 aliphatic rings. The van der Waals surface area contributed by atoms with Gasteiger partial charge >= 0.3 is 0 Å². The number of benzene rings is 11. The molecule has 0 saturated heterocycles. The summed E-state index contributed by atoms with van der Waals surface area (Å²) in [4.78, 5) is 0. The summed E-state index contributed by atoms with van der Waals surface area (Å²) in [6, 6.07) is 87.9. The van der Waals surface area contributed by atoms with Crippen LogP contribution in [0.4, 0.5) is 0 Å². The van der Waals surface area contributed by atoms with Crippen LogP contribution in [-0.4, -0.2) is 0 Å². The number of hydrogen-bond acceptors (Lipinski definition) is 0. The van der Waals surface area contributed by atoms with Gasteiger partial charge in [0.2, 0.25) is 56.1 Å². The molecule has 0 radical (unpaired) electrons. The van der Waals surface area contributed by atoms with Crippen molar-refractivity contribution in [2.45, 2.75) is 228 Å². The lowest BCUT2D eigenvalue weighted by molar-refractivity contribution is -0.633. The molecule has 646 valence electrons. The van der Waals surface area contributed by atoms with E-state index in [4.69, 9.17) is 0 Å². The molecule has 0 N–H and O–H groups in total. The molecule has 0 unspecified atom stereocenters. The van der Waals surface area contributed by atoms with Crippen LogP contribution >= 0.6 is 0 Å². The van der Waals surface area contributed by atoms with E-state index in [-0.39, 0.29) is 0 Å². The molecule has 11 aromatic carbocycles. The van der Waals surface area contributed by atoms with E-state index in [1.165, 1.54) is 253 Å². The predicted molar refractivity (Wildman–Crippen MR) is 541 cm³/mol. The maximum absolute atomic E-state index is 2.46. The molecule has 5 heterocycles. The van der Waals surface area contributed by atoms with E-state index < -0.39 is 0 Å². The van der Waals surface area contributed by atoms with Crippen molar-refractivity contribution < 1.29 is 22.8 Å². The Labute approximate surface area is 756 Å². The highest BCUT2D eigenvalue weighted by Crippen LogP contribution is 2.44. The molecule has 5 aromatic heterocycles. The van der Waals surface area contributed by atoms with Gasteiger partial charge in [0.05, 0.1) is 0 Å². The van der Waals surface area contributed by atoms with E-state index in [0.29, 0.717) is 29.6 Å². The monoisotopic (exact) mass is 1670 g/mol. The molecular formula is C121H142N5+5. The normalized spacial score (nSPS) is 12.2. The lowest BCUT2D eigenvalue weighted by Crippen LogP contribution is -2.33. The van der Waals surface area contributed by atoms with Crippen molar-refractivity contribution in [1.29, 1.82) is 0 Å².